The van der Waals surface area contributed by atoms with Crippen LogP contribution in [0.4, 0.5) is 0 Å². The van der Waals surface area contributed by atoms with Crippen LogP contribution in [0.3, 0.4) is 0 Å². The number of benzene rings is 2. The summed E-state index contributed by atoms with van der Waals surface area (Å²) in [5.74, 6) is -0.0238. The number of nitrogens with zero attached hydrogens (tertiary/aromatic N) is 1. The highest BCUT2D eigenvalue weighted by Crippen LogP contribution is 2.49. The van der Waals surface area contributed by atoms with Gasteiger partial charge in [-0.15, -0.1) is 0 Å². The lowest BCUT2D eigenvalue weighted by Gasteiger charge is -2.32. The summed E-state index contributed by atoms with van der Waals surface area (Å²) in [5, 5.41) is 10.8. The number of hydrogen-bond donors (Lipinski definition) is 1. The highest BCUT2D eigenvalue weighted by Gasteiger charge is 2.47. The first-order valence-corrected chi connectivity index (χ1v) is 7.39. The molecule has 0 fully saturated rings. The van der Waals surface area contributed by atoms with Crippen LogP contribution in [-0.4, -0.2) is 22.0 Å². The second kappa shape index (κ2) is 3.96. The molecule has 0 bridgehead atoms. The van der Waals surface area contributed by atoms with E-state index in [1.54, 1.807) is 4.90 Å². The molecule has 1 N–H and O–H groups in total. The smallest absolute Gasteiger partial charge is 0.259 e. The monoisotopic (exact) mass is 287 g/mol. The van der Waals surface area contributed by atoms with Crippen molar-refractivity contribution in [1.82, 2.24) is 4.90 Å². The van der Waals surface area contributed by atoms with Gasteiger partial charge in [-0.3, -0.25) is 9.69 Å². The van der Waals surface area contributed by atoms with Crippen LogP contribution in [0.2, 0.25) is 0 Å². The molecule has 3 heteroatoms. The Morgan fingerprint density at radius 2 is 1.55 bits per heavy atom. The molecular weight excluding hydrogens is 274 g/mol. The van der Waals surface area contributed by atoms with Crippen molar-refractivity contribution in [2.45, 2.75) is 12.1 Å². The number of amides is 1. The minimum atomic E-state index is -0.676. The van der Waals surface area contributed by atoms with E-state index in [9.17, 15) is 9.90 Å². The minimum Gasteiger partial charge on any atom is -0.386 e. The Bertz CT molecular complexity index is 894. The van der Waals surface area contributed by atoms with Crippen molar-refractivity contribution >= 4 is 17.2 Å². The van der Waals surface area contributed by atoms with E-state index in [-0.39, 0.29) is 11.9 Å². The van der Waals surface area contributed by atoms with E-state index in [4.69, 9.17) is 0 Å². The van der Waals surface area contributed by atoms with Crippen molar-refractivity contribution in [1.29, 1.82) is 0 Å². The molecule has 0 saturated heterocycles. The number of allylic oxidation sites excluding steroid dienone is 2. The quantitative estimate of drug-likeness (QED) is 0.809. The number of carbonyl (C=O) groups is 1. The molecule has 1 aliphatic carbocycles. The molecule has 0 saturated carbocycles. The summed E-state index contributed by atoms with van der Waals surface area (Å²) >= 11 is 0. The van der Waals surface area contributed by atoms with Crippen LogP contribution in [-0.2, 0) is 0 Å². The lowest BCUT2D eigenvalue weighted by Crippen LogP contribution is -2.38. The normalized spacial score (nSPS) is 24.2. The molecule has 5 rings (SSSR count). The second-order valence-electron chi connectivity index (χ2n) is 5.87. The highest BCUT2D eigenvalue weighted by atomic mass is 16.3. The molecule has 2 heterocycles. The molecule has 2 atom stereocenters. The number of aliphatic hydroxyl groups is 1. The molecule has 0 unspecified atom stereocenters. The second-order valence-corrected chi connectivity index (χ2v) is 5.87. The van der Waals surface area contributed by atoms with Gasteiger partial charge in [0.1, 0.15) is 6.10 Å². The van der Waals surface area contributed by atoms with E-state index in [0.29, 0.717) is 5.56 Å². The van der Waals surface area contributed by atoms with Gasteiger partial charge >= 0.3 is 0 Å². The predicted octanol–water partition coefficient (Wildman–Crippen LogP) is 3.00. The molecule has 106 valence electrons. The zero-order chi connectivity index (χ0) is 14.8. The summed E-state index contributed by atoms with van der Waals surface area (Å²) in [6.07, 6.45) is 3.36. The van der Waals surface area contributed by atoms with Gasteiger partial charge in [0.05, 0.1) is 11.7 Å². The summed E-state index contributed by atoms with van der Waals surface area (Å²) in [5.41, 5.74) is 5.52. The van der Waals surface area contributed by atoms with Gasteiger partial charge in [-0.1, -0.05) is 48.5 Å². The van der Waals surface area contributed by atoms with Gasteiger partial charge in [0.25, 0.3) is 5.91 Å². The van der Waals surface area contributed by atoms with Crippen LogP contribution >= 0.6 is 0 Å². The van der Waals surface area contributed by atoms with Crippen LogP contribution in [0.25, 0.3) is 11.3 Å². The van der Waals surface area contributed by atoms with Crippen molar-refractivity contribution in [3.05, 3.63) is 82.9 Å². The Balaban J connectivity index is 1.74. The highest BCUT2D eigenvalue weighted by molar-refractivity contribution is 6.11. The van der Waals surface area contributed by atoms with Crippen molar-refractivity contribution < 1.29 is 9.90 Å². The molecule has 1 amide bonds. The first kappa shape index (κ1) is 12.0. The summed E-state index contributed by atoms with van der Waals surface area (Å²) in [4.78, 5) is 14.6. The number of rotatable bonds is 0. The Hall–Kier alpha value is -2.65. The van der Waals surface area contributed by atoms with Crippen molar-refractivity contribution in [2.75, 3.05) is 0 Å². The van der Waals surface area contributed by atoms with Gasteiger partial charge in [0.2, 0.25) is 0 Å². The first-order chi connectivity index (χ1) is 10.8. The molecule has 3 nitrogen and oxygen atoms in total. The standard InChI is InChI=1S/C19H13NO2/c21-18-14-7-3-1-5-11(14)13-9-10-16-12-6-2-4-8-15(12)19(22)20(16)17(13)18/h1-10,17-18,21H/t17-,18-/m0/s1. The molecule has 2 aromatic rings. The van der Waals surface area contributed by atoms with Crippen molar-refractivity contribution in [2.24, 2.45) is 0 Å². The molecule has 0 aromatic heterocycles. The van der Waals surface area contributed by atoms with Crippen LogP contribution in [0, 0.1) is 0 Å². The van der Waals surface area contributed by atoms with Crippen molar-refractivity contribution in [3.8, 4) is 0 Å². The molecule has 0 radical (unpaired) electrons. The number of aliphatic hydroxyl groups excluding tert-OH is 1. The minimum absolute atomic E-state index is 0.0238. The Kier molecular flexibility index (Phi) is 2.15. The van der Waals surface area contributed by atoms with Crippen LogP contribution in [0.5, 0.6) is 0 Å². The molecule has 2 aromatic carbocycles. The third-order valence-corrected chi connectivity index (χ3v) is 4.82. The van der Waals surface area contributed by atoms with Gasteiger partial charge in [-0.2, -0.15) is 0 Å². The predicted molar refractivity (Wildman–Crippen MR) is 83.8 cm³/mol. The van der Waals surface area contributed by atoms with Gasteiger partial charge in [-0.25, -0.2) is 0 Å². The maximum atomic E-state index is 12.8. The van der Waals surface area contributed by atoms with Crippen LogP contribution in [0.15, 0.2) is 60.7 Å². The summed E-state index contributed by atoms with van der Waals surface area (Å²) in [6, 6.07) is 15.2. The van der Waals surface area contributed by atoms with Gasteiger partial charge in [0, 0.05) is 11.1 Å². The van der Waals surface area contributed by atoms with E-state index in [1.807, 2.05) is 60.7 Å². The van der Waals surface area contributed by atoms with Gasteiger partial charge in [-0.05, 0) is 28.8 Å². The summed E-state index contributed by atoms with van der Waals surface area (Å²) in [7, 11) is 0. The fourth-order valence-electron chi connectivity index (χ4n) is 3.86. The number of carbonyl (C=O) groups excluding carboxylic acids is 1. The average molecular weight is 287 g/mol. The third kappa shape index (κ3) is 1.27. The number of fused-ring (bicyclic) bond motifs is 7. The summed E-state index contributed by atoms with van der Waals surface area (Å²) in [6.45, 7) is 0. The topological polar surface area (TPSA) is 40.5 Å². The Morgan fingerprint density at radius 1 is 0.864 bits per heavy atom. The fraction of sp³-hybridized carbons (Fsp3) is 0.105. The zero-order valence-corrected chi connectivity index (χ0v) is 11.7. The summed E-state index contributed by atoms with van der Waals surface area (Å²) < 4.78 is 0. The molecule has 2 aliphatic heterocycles. The lowest BCUT2D eigenvalue weighted by atomic mass is 9.99. The maximum absolute atomic E-state index is 12.8. The van der Waals surface area contributed by atoms with Gasteiger partial charge in [0.15, 0.2) is 0 Å². The fourth-order valence-corrected chi connectivity index (χ4v) is 3.86. The Labute approximate surface area is 127 Å². The number of hydrogen-bond acceptors (Lipinski definition) is 2. The van der Waals surface area contributed by atoms with E-state index < -0.39 is 6.10 Å². The van der Waals surface area contributed by atoms with Gasteiger partial charge < -0.3 is 5.11 Å². The SMILES string of the molecule is O=C1c2ccccc2C2=CC=C3c4ccccc4[C@H](O)[C@H]3N12. The molecular formula is C19H13NO2. The largest absolute Gasteiger partial charge is 0.386 e. The van der Waals surface area contributed by atoms with Crippen molar-refractivity contribution in [3.63, 3.8) is 0 Å². The van der Waals surface area contributed by atoms with Crippen LogP contribution in [0.1, 0.15) is 33.2 Å². The molecule has 22 heavy (non-hydrogen) atoms. The lowest BCUT2D eigenvalue weighted by molar-refractivity contribution is 0.0689. The average Bonchev–Trinajstić information content (AvgIpc) is 3.02. The Morgan fingerprint density at radius 3 is 2.36 bits per heavy atom. The van der Waals surface area contributed by atoms with E-state index in [2.05, 4.69) is 0 Å². The zero-order valence-electron chi connectivity index (χ0n) is 11.7. The molecule has 0 spiro atoms. The molecule has 3 aliphatic rings. The first-order valence-electron chi connectivity index (χ1n) is 7.39. The van der Waals surface area contributed by atoms with Crippen LogP contribution < -0.4 is 0 Å². The van der Waals surface area contributed by atoms with E-state index >= 15 is 0 Å². The maximum Gasteiger partial charge on any atom is 0.259 e. The van der Waals surface area contributed by atoms with E-state index in [1.165, 1.54) is 0 Å². The third-order valence-electron chi connectivity index (χ3n) is 4.82. The van der Waals surface area contributed by atoms with E-state index in [0.717, 1.165) is 28.0 Å².